The average Bonchev–Trinajstić information content (AvgIpc) is 4.04. The van der Waals surface area contributed by atoms with Crippen molar-refractivity contribution in [2.24, 2.45) is 9.98 Å². The number of allylic oxidation sites excluding steroid dienone is 1. The van der Waals surface area contributed by atoms with E-state index in [1.807, 2.05) is 79.7 Å². The van der Waals surface area contributed by atoms with Crippen molar-refractivity contribution in [2.75, 3.05) is 13.3 Å². The third-order valence-corrected chi connectivity index (χ3v) is 11.7. The van der Waals surface area contributed by atoms with Crippen LogP contribution >= 0.6 is 0 Å². The normalized spacial score (nSPS) is 21.7. The number of hydrogen-bond acceptors (Lipinski definition) is 15. The Morgan fingerprint density at radius 1 is 0.556 bits per heavy atom. The van der Waals surface area contributed by atoms with Gasteiger partial charge in [-0.25, -0.2) is 20.0 Å². The van der Waals surface area contributed by atoms with Gasteiger partial charge in [0.1, 0.15) is 23.8 Å². The van der Waals surface area contributed by atoms with Gasteiger partial charge in [0, 0.05) is 56.5 Å². The van der Waals surface area contributed by atoms with Crippen molar-refractivity contribution >= 4 is 29.2 Å². The first-order chi connectivity index (χ1) is 30.2. The number of para-hydroxylation sites is 1. The summed E-state index contributed by atoms with van der Waals surface area (Å²) in [6.45, 7) is 2.93. The van der Waals surface area contributed by atoms with Crippen LogP contribution in [0.5, 0.6) is 5.75 Å². The molecule has 0 radical (unpaired) electrons. The Bertz CT molecular complexity index is 3050. The highest BCUT2D eigenvalue weighted by molar-refractivity contribution is 6.20. The molecule has 2 heterocycles. The SMILES string of the molecule is CCOc1ccccc1/C=C1\Cc2ccccc2C1=O.O=C1c2ccccc2-c2nc3c(nc21)=NCN=3.O=C1c2ccccc2C(O)(O)[C@@]1(O)[C@]1(O)C(=O)c2ccccc2C1(O)O. The first-order valence-corrected chi connectivity index (χ1v) is 19.8. The first-order valence-electron chi connectivity index (χ1n) is 19.8. The number of ketones is 4. The molecule has 5 aromatic carbocycles. The van der Waals surface area contributed by atoms with Gasteiger partial charge in [-0.05, 0) is 24.6 Å². The van der Waals surface area contributed by atoms with Gasteiger partial charge in [0.15, 0.2) is 16.8 Å². The zero-order chi connectivity index (χ0) is 44.5. The molecule has 15 nitrogen and oxygen atoms in total. The van der Waals surface area contributed by atoms with Crippen LogP contribution in [-0.2, 0) is 18.0 Å². The van der Waals surface area contributed by atoms with Gasteiger partial charge in [0.25, 0.3) is 0 Å². The van der Waals surface area contributed by atoms with Crippen LogP contribution in [0.25, 0.3) is 17.3 Å². The van der Waals surface area contributed by atoms with Crippen LogP contribution in [0.15, 0.2) is 137 Å². The zero-order valence-electron chi connectivity index (χ0n) is 33.3. The number of rotatable bonds is 4. The summed E-state index contributed by atoms with van der Waals surface area (Å²) in [6.07, 6.45) is 2.66. The minimum absolute atomic E-state index is 0.0759. The predicted octanol–water partition coefficient (Wildman–Crippen LogP) is 2.32. The van der Waals surface area contributed by atoms with Crippen LogP contribution in [0.3, 0.4) is 0 Å². The Labute approximate surface area is 357 Å². The second-order valence-electron chi connectivity index (χ2n) is 15.2. The molecule has 0 amide bonds. The lowest BCUT2D eigenvalue weighted by atomic mass is 9.70. The molecule has 314 valence electrons. The molecule has 1 aromatic heterocycles. The number of carbonyl (C=O) groups excluding carboxylic acids is 4. The van der Waals surface area contributed by atoms with Crippen molar-refractivity contribution < 1.29 is 54.6 Å². The van der Waals surface area contributed by atoms with E-state index in [9.17, 15) is 49.8 Å². The van der Waals surface area contributed by atoms with Crippen molar-refractivity contribution in [1.82, 2.24) is 9.97 Å². The third-order valence-electron chi connectivity index (χ3n) is 11.7. The molecule has 5 aliphatic rings. The van der Waals surface area contributed by atoms with Crippen LogP contribution in [0.2, 0.25) is 0 Å². The van der Waals surface area contributed by atoms with Crippen LogP contribution < -0.4 is 15.7 Å². The summed E-state index contributed by atoms with van der Waals surface area (Å²) in [5, 5.41) is 64.2. The van der Waals surface area contributed by atoms with Gasteiger partial charge in [0.05, 0.1) is 6.61 Å². The first kappa shape index (κ1) is 41.1. The van der Waals surface area contributed by atoms with Crippen molar-refractivity contribution in [1.29, 1.82) is 0 Å². The van der Waals surface area contributed by atoms with Gasteiger partial charge in [0.2, 0.25) is 40.1 Å². The van der Waals surface area contributed by atoms with Gasteiger partial charge in [-0.2, -0.15) is 0 Å². The standard InChI is InChI=1S/C18H14O8.C18H16O2.C12H6N4O/c19-13-9-5-1-3-7-11(9)17(23,24)15(13,21)16(22)14(20)10-6-2-4-8-12(10)18(16,25)26;1-2-20-17-10-6-4-8-14(17)12-15-11-13-7-3-5-9-16(13)18(15)19;17-10-7-4-2-1-3-6(7)8-9(10)16-12-11(15-8)13-5-14-12/h1-8,21-26H;3-10,12H,2,11H2,1H3;1-4H,5H2/b;15-12+;/t15-,16+;;. The number of ether oxygens (including phenoxy) is 1. The highest BCUT2D eigenvalue weighted by atomic mass is 16.6. The van der Waals surface area contributed by atoms with E-state index >= 15 is 0 Å². The number of nitrogens with zero attached hydrogens (tertiary/aromatic N) is 4. The number of benzene rings is 5. The molecule has 4 aliphatic carbocycles. The van der Waals surface area contributed by atoms with Crippen molar-refractivity contribution in [3.05, 3.63) is 188 Å². The highest BCUT2D eigenvalue weighted by Crippen LogP contribution is 2.57. The van der Waals surface area contributed by atoms with Crippen LogP contribution in [-0.4, -0.2) is 88.2 Å². The molecule has 6 aromatic rings. The largest absolute Gasteiger partial charge is 0.493 e. The van der Waals surface area contributed by atoms with Crippen LogP contribution in [0.4, 0.5) is 0 Å². The van der Waals surface area contributed by atoms with Gasteiger partial charge >= 0.3 is 0 Å². The van der Waals surface area contributed by atoms with E-state index in [0.29, 0.717) is 47.6 Å². The molecule has 0 unspecified atom stereocenters. The molecule has 2 atom stereocenters. The topological polar surface area (TPSA) is 249 Å². The predicted molar refractivity (Wildman–Crippen MR) is 222 cm³/mol. The molecule has 63 heavy (non-hydrogen) atoms. The quantitative estimate of drug-likeness (QED) is 0.110. The van der Waals surface area contributed by atoms with Gasteiger partial charge in [-0.1, -0.05) is 115 Å². The van der Waals surface area contributed by atoms with Gasteiger partial charge < -0.3 is 35.4 Å². The molecule has 11 rings (SSSR count). The lowest BCUT2D eigenvalue weighted by Gasteiger charge is -2.46. The molecule has 15 heteroatoms. The summed E-state index contributed by atoms with van der Waals surface area (Å²) in [4.78, 5) is 66.9. The van der Waals surface area contributed by atoms with Crippen molar-refractivity contribution in [3.8, 4) is 17.0 Å². The molecule has 0 saturated heterocycles. The number of hydrogen-bond donors (Lipinski definition) is 6. The minimum atomic E-state index is -3.66. The fourth-order valence-electron chi connectivity index (χ4n) is 8.61. The summed E-state index contributed by atoms with van der Waals surface area (Å²) in [7, 11) is 0. The molecule has 0 spiro atoms. The van der Waals surface area contributed by atoms with E-state index < -0.39 is 45.5 Å². The van der Waals surface area contributed by atoms with Crippen LogP contribution in [0.1, 0.15) is 76.3 Å². The molecule has 1 aliphatic heterocycles. The van der Waals surface area contributed by atoms with Crippen molar-refractivity contribution in [2.45, 2.75) is 36.1 Å². The summed E-state index contributed by atoms with van der Waals surface area (Å²) in [5.74, 6) is -8.87. The van der Waals surface area contributed by atoms with E-state index in [-0.39, 0.29) is 22.7 Å². The number of carbonyl (C=O) groups is 4. The molecule has 0 fully saturated rings. The minimum Gasteiger partial charge on any atom is -0.493 e. The lowest BCUT2D eigenvalue weighted by Crippen LogP contribution is -2.75. The number of aromatic nitrogens is 2. The van der Waals surface area contributed by atoms with Crippen molar-refractivity contribution in [3.63, 3.8) is 0 Å². The second kappa shape index (κ2) is 15.0. The highest BCUT2D eigenvalue weighted by Gasteiger charge is 2.82. The Morgan fingerprint density at radius 2 is 1.03 bits per heavy atom. The fourth-order valence-corrected chi connectivity index (χ4v) is 8.61. The van der Waals surface area contributed by atoms with E-state index in [4.69, 9.17) is 4.74 Å². The fraction of sp³-hybridized carbons (Fsp3) is 0.167. The van der Waals surface area contributed by atoms with Crippen LogP contribution in [0, 0.1) is 0 Å². The number of aliphatic hydroxyl groups is 6. The van der Waals surface area contributed by atoms with Gasteiger partial charge in [-0.15, -0.1) is 0 Å². The maximum Gasteiger partial charge on any atom is 0.232 e. The lowest BCUT2D eigenvalue weighted by molar-refractivity contribution is -0.359. The molecular weight excluding hydrogens is 809 g/mol. The summed E-state index contributed by atoms with van der Waals surface area (Å²) < 4.78 is 5.60. The smallest absolute Gasteiger partial charge is 0.232 e. The maximum atomic E-state index is 12.8. The Hall–Kier alpha value is -7.24. The molecular formula is C48H36N4O11. The summed E-state index contributed by atoms with van der Waals surface area (Å²) in [5.41, 5.74) is -1.74. The van der Waals surface area contributed by atoms with Gasteiger partial charge in [-0.3, -0.25) is 19.2 Å². The maximum absolute atomic E-state index is 12.8. The molecule has 0 bridgehead atoms. The Kier molecular flexibility index (Phi) is 9.78. The summed E-state index contributed by atoms with van der Waals surface area (Å²) >= 11 is 0. The Morgan fingerprint density at radius 3 is 1.59 bits per heavy atom. The average molecular weight is 845 g/mol. The molecule has 0 saturated carbocycles. The van der Waals surface area contributed by atoms with E-state index in [2.05, 4.69) is 20.0 Å². The van der Waals surface area contributed by atoms with E-state index in [1.54, 1.807) is 6.07 Å². The monoisotopic (exact) mass is 844 g/mol. The molecule has 6 N–H and O–H groups in total. The third kappa shape index (κ3) is 5.97. The summed E-state index contributed by atoms with van der Waals surface area (Å²) in [6, 6.07) is 33.0. The second-order valence-corrected chi connectivity index (χ2v) is 15.2. The number of Topliss-reactive ketones (excluding diaryl/α,β-unsaturated/α-hetero) is 3. The number of fused-ring (bicyclic) bond motifs is 7. The van der Waals surface area contributed by atoms with E-state index in [0.717, 1.165) is 57.8 Å². The Balaban J connectivity index is 0.000000123. The van der Waals surface area contributed by atoms with E-state index in [1.165, 1.54) is 24.3 Å². The zero-order valence-corrected chi connectivity index (χ0v) is 33.3.